The first-order valence-electron chi connectivity index (χ1n) is 14.7. The van der Waals surface area contributed by atoms with E-state index in [2.05, 4.69) is 0 Å². The lowest BCUT2D eigenvalue weighted by atomic mass is 9.94. The molecule has 0 aliphatic rings. The molecule has 0 amide bonds. The summed E-state index contributed by atoms with van der Waals surface area (Å²) in [5.74, 6) is 1.01. The third-order valence-corrected chi connectivity index (χ3v) is 8.07. The Morgan fingerprint density at radius 2 is 1.45 bits per heavy atom. The highest BCUT2D eigenvalue weighted by Gasteiger charge is 2.28. The van der Waals surface area contributed by atoms with E-state index < -0.39 is 11.5 Å². The minimum absolute atomic E-state index is 0.00110. The molecule has 4 aromatic carbocycles. The van der Waals surface area contributed by atoms with Gasteiger partial charge >= 0.3 is 5.97 Å². The number of hydrogen-bond donors (Lipinski definition) is 1. The molecule has 0 fully saturated rings. The van der Waals surface area contributed by atoms with Crippen molar-refractivity contribution >= 4 is 33.3 Å². The van der Waals surface area contributed by atoms with Crippen LogP contribution in [0.15, 0.2) is 89.7 Å². The van der Waals surface area contributed by atoms with Crippen LogP contribution in [0, 0.1) is 6.92 Å². The van der Waals surface area contributed by atoms with E-state index in [9.17, 15) is 9.59 Å². The summed E-state index contributed by atoms with van der Waals surface area (Å²) in [7, 11) is 5.88. The number of nitrogens with zero attached hydrogens (tertiary/aromatic N) is 2. The number of anilines is 1. The van der Waals surface area contributed by atoms with Gasteiger partial charge in [-0.25, -0.2) is 9.78 Å². The van der Waals surface area contributed by atoms with Gasteiger partial charge in [-0.05, 0) is 73.2 Å². The minimum Gasteiger partial charge on any atom is -0.496 e. The van der Waals surface area contributed by atoms with Crippen molar-refractivity contribution in [2.24, 2.45) is 0 Å². The Morgan fingerprint density at radius 1 is 0.787 bits per heavy atom. The number of methoxy groups -OCH3 is 4. The Hall–Kier alpha value is -6.03. The highest BCUT2D eigenvalue weighted by atomic mass is 16.5. The highest BCUT2D eigenvalue weighted by Crippen LogP contribution is 2.42. The summed E-state index contributed by atoms with van der Waals surface area (Å²) in [6.07, 6.45) is 0. The van der Waals surface area contributed by atoms with Crippen molar-refractivity contribution in [3.63, 3.8) is 0 Å². The molecular formula is C37H33N3O7. The average molecular weight is 632 g/mol. The number of pyridine rings is 2. The second kappa shape index (κ2) is 12.8. The fourth-order valence-corrected chi connectivity index (χ4v) is 5.70. The van der Waals surface area contributed by atoms with Crippen LogP contribution in [0.25, 0.3) is 38.5 Å². The maximum atomic E-state index is 14.5. The minimum atomic E-state index is -0.726. The number of para-hydroxylation sites is 1. The van der Waals surface area contributed by atoms with Crippen molar-refractivity contribution in [1.82, 2.24) is 9.55 Å². The molecule has 6 rings (SSSR count). The fourth-order valence-electron chi connectivity index (χ4n) is 5.70. The largest absolute Gasteiger partial charge is 0.496 e. The topological polar surface area (TPSA) is 124 Å². The standard InChI is InChI=1S/C37H33N3O7/c1-21-30(43-2)16-23(17-31(21)44-3)34-27-18-32(45-4)33(47-20-25-13-10-22-8-6-7-9-29(22)39-25)19-28(27)36(41)40(35(34)37(42)46-5)26-14-11-24(38)12-15-26/h6-19H,20,38H2,1-5H3. The number of ether oxygens (including phenoxy) is 5. The van der Waals surface area contributed by atoms with Gasteiger partial charge in [0.15, 0.2) is 11.5 Å². The van der Waals surface area contributed by atoms with Gasteiger partial charge in [-0.3, -0.25) is 9.36 Å². The summed E-state index contributed by atoms with van der Waals surface area (Å²) in [6.45, 7) is 1.99. The van der Waals surface area contributed by atoms with Crippen LogP contribution in [-0.4, -0.2) is 44.0 Å². The summed E-state index contributed by atoms with van der Waals surface area (Å²) in [5, 5.41) is 1.72. The van der Waals surface area contributed by atoms with Gasteiger partial charge in [0.1, 0.15) is 23.8 Å². The van der Waals surface area contributed by atoms with Gasteiger partial charge in [-0.1, -0.05) is 24.3 Å². The molecular weight excluding hydrogens is 598 g/mol. The number of esters is 1. The van der Waals surface area contributed by atoms with Crippen LogP contribution in [0.3, 0.4) is 0 Å². The van der Waals surface area contributed by atoms with Crippen LogP contribution in [0.5, 0.6) is 23.0 Å². The number of rotatable bonds is 9. The normalized spacial score (nSPS) is 11.0. The second-order valence-corrected chi connectivity index (χ2v) is 10.8. The van der Waals surface area contributed by atoms with Crippen molar-refractivity contribution in [2.45, 2.75) is 13.5 Å². The number of nitrogen functional groups attached to an aromatic ring is 1. The Kier molecular flexibility index (Phi) is 8.41. The van der Waals surface area contributed by atoms with Crippen LogP contribution >= 0.6 is 0 Å². The van der Waals surface area contributed by atoms with Crippen LogP contribution < -0.4 is 30.2 Å². The predicted molar refractivity (Wildman–Crippen MR) is 181 cm³/mol. The number of hydrogen-bond acceptors (Lipinski definition) is 9. The molecule has 2 heterocycles. The van der Waals surface area contributed by atoms with Gasteiger partial charge < -0.3 is 29.4 Å². The zero-order chi connectivity index (χ0) is 33.2. The Bertz CT molecular complexity index is 2180. The van der Waals surface area contributed by atoms with E-state index in [4.69, 9.17) is 34.4 Å². The number of nitrogens with two attached hydrogens (primary N) is 1. The smallest absolute Gasteiger partial charge is 0.355 e. The monoisotopic (exact) mass is 631 g/mol. The zero-order valence-corrected chi connectivity index (χ0v) is 26.6. The van der Waals surface area contributed by atoms with Gasteiger partial charge in [-0.2, -0.15) is 0 Å². The van der Waals surface area contributed by atoms with Gasteiger partial charge in [0.25, 0.3) is 5.56 Å². The van der Waals surface area contributed by atoms with Crippen molar-refractivity contribution in [3.8, 4) is 39.8 Å². The maximum absolute atomic E-state index is 14.5. The molecule has 0 atom stereocenters. The third-order valence-electron chi connectivity index (χ3n) is 8.07. The van der Waals surface area contributed by atoms with Crippen LogP contribution in [0.2, 0.25) is 0 Å². The molecule has 0 saturated heterocycles. The van der Waals surface area contributed by atoms with Crippen molar-refractivity contribution < 1.29 is 28.5 Å². The number of fused-ring (bicyclic) bond motifs is 2. The molecule has 238 valence electrons. The Labute approximate surface area is 270 Å². The van der Waals surface area contributed by atoms with E-state index in [0.717, 1.165) is 16.5 Å². The molecule has 0 bridgehead atoms. The molecule has 0 aliphatic heterocycles. The number of aromatic nitrogens is 2. The summed E-state index contributed by atoms with van der Waals surface area (Å²) in [4.78, 5) is 32.9. The molecule has 0 aliphatic carbocycles. The van der Waals surface area contributed by atoms with Crippen molar-refractivity contribution in [1.29, 1.82) is 0 Å². The Morgan fingerprint density at radius 3 is 2.11 bits per heavy atom. The average Bonchev–Trinajstić information content (AvgIpc) is 3.10. The third kappa shape index (κ3) is 5.65. The van der Waals surface area contributed by atoms with Crippen LogP contribution in [0.4, 0.5) is 5.69 Å². The predicted octanol–water partition coefficient (Wildman–Crippen LogP) is 6.49. The summed E-state index contributed by atoms with van der Waals surface area (Å²) < 4.78 is 30.0. The lowest BCUT2D eigenvalue weighted by molar-refractivity contribution is 0.0591. The summed E-state index contributed by atoms with van der Waals surface area (Å²) in [5.41, 5.74) is 9.68. The molecule has 47 heavy (non-hydrogen) atoms. The molecule has 6 aromatic rings. The molecule has 0 saturated carbocycles. The van der Waals surface area contributed by atoms with Crippen molar-refractivity contribution in [3.05, 3.63) is 112 Å². The first-order valence-corrected chi connectivity index (χ1v) is 14.7. The van der Waals surface area contributed by atoms with E-state index >= 15 is 0 Å². The fraction of sp³-hybridized carbons (Fsp3) is 0.162. The first kappa shape index (κ1) is 31.0. The van der Waals surface area contributed by atoms with E-state index in [0.29, 0.717) is 56.6 Å². The molecule has 2 N–H and O–H groups in total. The summed E-state index contributed by atoms with van der Waals surface area (Å²) in [6, 6.07) is 25.2. The second-order valence-electron chi connectivity index (χ2n) is 10.8. The molecule has 2 aromatic heterocycles. The molecule has 0 unspecified atom stereocenters. The maximum Gasteiger partial charge on any atom is 0.355 e. The van der Waals surface area contributed by atoms with Crippen LogP contribution in [0.1, 0.15) is 21.7 Å². The SMILES string of the molecule is COC(=O)c1c(-c2cc(OC)c(C)c(OC)c2)c2cc(OC)c(OCc3ccc4ccccc4n3)cc2c(=O)n1-c1ccc(N)cc1. The van der Waals surface area contributed by atoms with E-state index in [-0.39, 0.29) is 17.7 Å². The van der Waals surface area contributed by atoms with Crippen molar-refractivity contribution in [2.75, 3.05) is 34.2 Å². The molecule has 0 radical (unpaired) electrons. The number of carbonyl (C=O) groups is 1. The number of benzene rings is 4. The Balaban J connectivity index is 1.64. The quantitative estimate of drug-likeness (QED) is 0.141. The first-order chi connectivity index (χ1) is 22.8. The molecule has 10 heteroatoms. The van der Waals surface area contributed by atoms with Crippen LogP contribution in [-0.2, 0) is 11.3 Å². The lowest BCUT2D eigenvalue weighted by Gasteiger charge is -2.21. The van der Waals surface area contributed by atoms with Gasteiger partial charge in [0.05, 0.1) is 45.0 Å². The van der Waals surface area contributed by atoms with E-state index in [1.165, 1.54) is 18.8 Å². The lowest BCUT2D eigenvalue weighted by Crippen LogP contribution is -2.27. The van der Waals surface area contributed by atoms with Gasteiger partial charge in [0, 0.05) is 33.3 Å². The van der Waals surface area contributed by atoms with Gasteiger partial charge in [0.2, 0.25) is 0 Å². The van der Waals surface area contributed by atoms with Gasteiger partial charge in [-0.15, -0.1) is 0 Å². The zero-order valence-electron chi connectivity index (χ0n) is 26.6. The summed E-state index contributed by atoms with van der Waals surface area (Å²) >= 11 is 0. The molecule has 0 spiro atoms. The van der Waals surface area contributed by atoms with E-state index in [1.54, 1.807) is 62.8 Å². The van der Waals surface area contributed by atoms with E-state index in [1.807, 2.05) is 43.3 Å². The molecule has 10 nitrogen and oxygen atoms in total. The highest BCUT2D eigenvalue weighted by molar-refractivity contribution is 6.08. The number of carbonyl (C=O) groups excluding carboxylic acids is 1.